The van der Waals surface area contributed by atoms with Gasteiger partial charge in [0.2, 0.25) is 5.95 Å². The smallest absolute Gasteiger partial charge is 0.260 e. The lowest BCUT2D eigenvalue weighted by molar-refractivity contribution is 0.445. The molecule has 202 valence electrons. The van der Waals surface area contributed by atoms with Crippen molar-refractivity contribution in [1.29, 1.82) is 0 Å². The molecule has 1 aliphatic heterocycles. The Bertz CT molecular complexity index is 1750. The third-order valence-corrected chi connectivity index (χ3v) is 7.75. The van der Waals surface area contributed by atoms with E-state index >= 15 is 0 Å². The number of anilines is 2. The largest absolute Gasteiger partial charge is 0.324 e. The van der Waals surface area contributed by atoms with Gasteiger partial charge in [-0.05, 0) is 80.2 Å². The summed E-state index contributed by atoms with van der Waals surface area (Å²) in [5.74, 6) is 0.273. The van der Waals surface area contributed by atoms with Gasteiger partial charge in [0.15, 0.2) is 0 Å². The first-order chi connectivity index (χ1) is 19.5. The van der Waals surface area contributed by atoms with Crippen LogP contribution in [-0.2, 0) is 6.54 Å². The van der Waals surface area contributed by atoms with Gasteiger partial charge in [-0.1, -0.05) is 35.9 Å². The second kappa shape index (κ2) is 11.2. The summed E-state index contributed by atoms with van der Waals surface area (Å²) in [6, 6.07) is 16.4. The van der Waals surface area contributed by atoms with Crippen molar-refractivity contribution in [2.75, 3.05) is 18.4 Å². The number of hydrogen-bond donors (Lipinski definition) is 2. The van der Waals surface area contributed by atoms with E-state index in [4.69, 9.17) is 11.6 Å². The molecule has 0 saturated carbocycles. The molecule has 5 aromatic rings. The highest BCUT2D eigenvalue weighted by Gasteiger charge is 2.19. The summed E-state index contributed by atoms with van der Waals surface area (Å²) in [4.78, 5) is 26.8. The predicted octanol–water partition coefficient (Wildman–Crippen LogP) is 6.54. The van der Waals surface area contributed by atoms with E-state index in [1.165, 1.54) is 6.07 Å². The highest BCUT2D eigenvalue weighted by Crippen LogP contribution is 2.32. The lowest BCUT2D eigenvalue weighted by Crippen LogP contribution is -2.27. The molecule has 6 rings (SSSR count). The van der Waals surface area contributed by atoms with E-state index in [-0.39, 0.29) is 23.2 Å². The highest BCUT2D eigenvalue weighted by atomic mass is 35.5. The number of nitrogens with zero attached hydrogens (tertiary/aromatic N) is 4. The van der Waals surface area contributed by atoms with Gasteiger partial charge in [0.05, 0.1) is 0 Å². The molecule has 0 radical (unpaired) electrons. The molecule has 0 atom stereocenters. The Morgan fingerprint density at radius 2 is 1.90 bits per heavy atom. The van der Waals surface area contributed by atoms with E-state index in [9.17, 15) is 9.18 Å². The average Bonchev–Trinajstić information content (AvgIpc) is 2.98. The Hall–Kier alpha value is -4.14. The van der Waals surface area contributed by atoms with Crippen molar-refractivity contribution in [2.24, 2.45) is 0 Å². The lowest BCUT2D eigenvalue weighted by atomic mass is 9.90. The minimum Gasteiger partial charge on any atom is -0.324 e. The van der Waals surface area contributed by atoms with Crippen molar-refractivity contribution < 1.29 is 4.39 Å². The number of aromatic nitrogens is 4. The molecule has 7 nitrogen and oxygen atoms in total. The molecule has 0 bridgehead atoms. The molecule has 9 heteroatoms. The lowest BCUT2D eigenvalue weighted by Gasteiger charge is -2.23. The van der Waals surface area contributed by atoms with Crippen molar-refractivity contribution in [3.8, 4) is 22.3 Å². The summed E-state index contributed by atoms with van der Waals surface area (Å²) in [6.45, 7) is 4.10. The molecular formula is C31H28ClFN6O. The molecule has 1 aliphatic rings. The molecule has 2 aromatic carbocycles. The number of piperidine rings is 1. The van der Waals surface area contributed by atoms with Crippen LogP contribution in [0.25, 0.3) is 33.3 Å². The highest BCUT2D eigenvalue weighted by molar-refractivity contribution is 6.33. The number of aryl methyl sites for hydroxylation is 1. The summed E-state index contributed by atoms with van der Waals surface area (Å²) in [5, 5.41) is 7.58. The summed E-state index contributed by atoms with van der Waals surface area (Å²) in [7, 11) is 0. The van der Waals surface area contributed by atoms with Crippen molar-refractivity contribution in [1.82, 2.24) is 24.8 Å². The van der Waals surface area contributed by atoms with Gasteiger partial charge in [-0.2, -0.15) is 4.98 Å². The van der Waals surface area contributed by atoms with E-state index in [1.807, 2.05) is 49.4 Å². The minimum absolute atomic E-state index is 0.201. The van der Waals surface area contributed by atoms with Gasteiger partial charge in [0.25, 0.3) is 5.56 Å². The van der Waals surface area contributed by atoms with Crippen molar-refractivity contribution in [3.63, 3.8) is 0 Å². The Labute approximate surface area is 236 Å². The second-order valence-corrected chi connectivity index (χ2v) is 10.3. The van der Waals surface area contributed by atoms with Crippen LogP contribution in [0.3, 0.4) is 0 Å². The van der Waals surface area contributed by atoms with Crippen LogP contribution < -0.4 is 16.2 Å². The van der Waals surface area contributed by atoms with Crippen molar-refractivity contribution >= 4 is 34.3 Å². The van der Waals surface area contributed by atoms with Gasteiger partial charge in [-0.15, -0.1) is 0 Å². The molecule has 1 fully saturated rings. The zero-order chi connectivity index (χ0) is 27.6. The average molecular weight is 555 g/mol. The fraction of sp³-hybridized carbons (Fsp3) is 0.226. The molecule has 0 amide bonds. The van der Waals surface area contributed by atoms with Crippen LogP contribution in [0.4, 0.5) is 16.0 Å². The SMILES string of the molecule is CCn1c(=O)c(-c2ccc(-c3cccnc3)cc2Cl)cc2cnc(Nc3ccc(C4CCNCC4)c(F)c3)nc21. The fourth-order valence-corrected chi connectivity index (χ4v) is 5.63. The van der Waals surface area contributed by atoms with Gasteiger partial charge in [0.1, 0.15) is 11.5 Å². The second-order valence-electron chi connectivity index (χ2n) is 9.90. The summed E-state index contributed by atoms with van der Waals surface area (Å²) >= 11 is 6.68. The van der Waals surface area contributed by atoms with Crippen LogP contribution >= 0.6 is 11.6 Å². The zero-order valence-electron chi connectivity index (χ0n) is 22.0. The molecule has 40 heavy (non-hydrogen) atoms. The van der Waals surface area contributed by atoms with E-state index in [2.05, 4.69) is 25.6 Å². The first kappa shape index (κ1) is 26.1. The fourth-order valence-electron chi connectivity index (χ4n) is 5.35. The zero-order valence-corrected chi connectivity index (χ0v) is 22.8. The van der Waals surface area contributed by atoms with Crippen LogP contribution in [0.5, 0.6) is 0 Å². The van der Waals surface area contributed by atoms with Gasteiger partial charge in [-0.25, -0.2) is 9.37 Å². The first-order valence-electron chi connectivity index (χ1n) is 13.4. The maximum absolute atomic E-state index is 15.0. The third kappa shape index (κ3) is 5.08. The molecule has 3 aromatic heterocycles. The number of hydrogen-bond acceptors (Lipinski definition) is 6. The molecule has 0 unspecified atom stereocenters. The Morgan fingerprint density at radius 1 is 1.05 bits per heavy atom. The molecular weight excluding hydrogens is 527 g/mol. The number of benzene rings is 2. The minimum atomic E-state index is -0.237. The van der Waals surface area contributed by atoms with Crippen LogP contribution in [-0.4, -0.2) is 32.6 Å². The van der Waals surface area contributed by atoms with Gasteiger partial charge in [-0.3, -0.25) is 14.3 Å². The Kier molecular flexibility index (Phi) is 7.28. The number of halogens is 2. The van der Waals surface area contributed by atoms with Crippen LogP contribution in [0.2, 0.25) is 5.02 Å². The molecule has 0 spiro atoms. The van der Waals surface area contributed by atoms with Gasteiger partial charge in [0, 0.05) is 57.9 Å². The maximum atomic E-state index is 15.0. The Morgan fingerprint density at radius 3 is 2.62 bits per heavy atom. The summed E-state index contributed by atoms with van der Waals surface area (Å²) in [5.41, 5.74) is 4.54. The van der Waals surface area contributed by atoms with E-state index in [0.29, 0.717) is 39.4 Å². The number of rotatable bonds is 6. The number of fused-ring (bicyclic) bond motifs is 1. The maximum Gasteiger partial charge on any atom is 0.260 e. The van der Waals surface area contributed by atoms with Crippen molar-refractivity contribution in [3.05, 3.63) is 99.9 Å². The topological polar surface area (TPSA) is 84.7 Å². The number of pyridine rings is 2. The predicted molar refractivity (Wildman–Crippen MR) is 158 cm³/mol. The standard InChI is InChI=1S/C31H28ClFN6O/c1-2-39-29-22(14-26(30(39)40)25-7-5-20(15-27(25)32)21-4-3-11-35-17-21)18-36-31(38-29)37-23-6-8-24(28(33)16-23)19-9-12-34-13-10-19/h3-8,11,14-19,34H,2,9-10,12-13H2,1H3,(H,36,37,38). The van der Waals surface area contributed by atoms with Gasteiger partial charge < -0.3 is 10.6 Å². The number of nitrogens with one attached hydrogen (secondary N) is 2. The van der Waals surface area contributed by atoms with Crippen LogP contribution in [0.15, 0.2) is 78.0 Å². The first-order valence-corrected chi connectivity index (χ1v) is 13.8. The van der Waals surface area contributed by atoms with Crippen LogP contribution in [0, 0.1) is 5.82 Å². The van der Waals surface area contributed by atoms with E-state index in [0.717, 1.165) is 42.6 Å². The molecule has 1 saturated heterocycles. The summed E-state index contributed by atoms with van der Waals surface area (Å²) in [6.07, 6.45) is 7.00. The normalized spacial score (nSPS) is 14.0. The molecule has 4 heterocycles. The molecule has 0 aliphatic carbocycles. The van der Waals surface area contributed by atoms with Gasteiger partial charge >= 0.3 is 0 Å². The van der Waals surface area contributed by atoms with Crippen molar-refractivity contribution in [2.45, 2.75) is 32.2 Å². The quantitative estimate of drug-likeness (QED) is 0.248. The van der Waals surface area contributed by atoms with Crippen LogP contribution in [0.1, 0.15) is 31.2 Å². The molecule has 2 N–H and O–H groups in total. The summed E-state index contributed by atoms with van der Waals surface area (Å²) < 4.78 is 16.6. The Balaban J connectivity index is 1.32. The van der Waals surface area contributed by atoms with E-state index < -0.39 is 0 Å². The monoisotopic (exact) mass is 554 g/mol. The van der Waals surface area contributed by atoms with E-state index in [1.54, 1.807) is 29.2 Å². The third-order valence-electron chi connectivity index (χ3n) is 7.43.